The molecule has 0 unspecified atom stereocenters. The molecule has 0 amide bonds. The Morgan fingerprint density at radius 3 is 2.42 bits per heavy atom. The van der Waals surface area contributed by atoms with Crippen LogP contribution in [0.4, 0.5) is 15.8 Å². The molecule has 0 aromatic heterocycles. The monoisotopic (exact) mass is 398 g/mol. The Balaban J connectivity index is 1.94. The highest BCUT2D eigenvalue weighted by molar-refractivity contribution is 7.93. The Morgan fingerprint density at radius 1 is 1.08 bits per heavy atom. The number of halogens is 1. The lowest BCUT2D eigenvalue weighted by molar-refractivity contribution is 0.574. The van der Waals surface area contributed by atoms with Crippen molar-refractivity contribution in [2.75, 3.05) is 21.3 Å². The maximum Gasteiger partial charge on any atom is 0.261 e. The highest BCUT2D eigenvalue weighted by atomic mass is 32.2. The molecule has 6 nitrogen and oxygen atoms in total. The van der Waals surface area contributed by atoms with Crippen molar-refractivity contribution in [2.24, 2.45) is 0 Å². The van der Waals surface area contributed by atoms with Crippen molar-refractivity contribution in [1.29, 1.82) is 0 Å². The number of aryl methyl sites for hydroxylation is 1. The topological polar surface area (TPSA) is 83.6 Å². The number of nitrogens with one attached hydrogen (secondary N) is 1. The van der Waals surface area contributed by atoms with Crippen molar-refractivity contribution in [1.82, 2.24) is 0 Å². The maximum absolute atomic E-state index is 13.0. The quantitative estimate of drug-likeness (QED) is 0.858. The molecule has 2 aromatic carbocycles. The van der Waals surface area contributed by atoms with Crippen LogP contribution in [0.3, 0.4) is 0 Å². The number of hydrogen-bond donors (Lipinski definition) is 1. The van der Waals surface area contributed by atoms with E-state index < -0.39 is 25.9 Å². The fraction of sp³-hybridized carbons (Fsp3) is 0.294. The van der Waals surface area contributed by atoms with Crippen molar-refractivity contribution in [3.63, 3.8) is 0 Å². The summed E-state index contributed by atoms with van der Waals surface area (Å²) in [6.45, 7) is 2.15. The van der Waals surface area contributed by atoms with Gasteiger partial charge in [0.25, 0.3) is 10.0 Å². The first kappa shape index (κ1) is 18.7. The van der Waals surface area contributed by atoms with Gasteiger partial charge < -0.3 is 0 Å². The van der Waals surface area contributed by atoms with E-state index in [0.717, 1.165) is 24.1 Å². The number of hydrogen-bond acceptors (Lipinski definition) is 4. The van der Waals surface area contributed by atoms with Crippen LogP contribution in [0.15, 0.2) is 47.4 Å². The predicted octanol–water partition coefficient (Wildman–Crippen LogP) is 2.86. The van der Waals surface area contributed by atoms with Gasteiger partial charge in [-0.05, 0) is 61.7 Å². The first-order valence-electron chi connectivity index (χ1n) is 8.08. The molecule has 1 aliphatic heterocycles. The van der Waals surface area contributed by atoms with E-state index in [1.165, 1.54) is 22.5 Å². The standard InChI is InChI=1S/C17H19FN2O4S2/c1-13-4-7-15(12-17(13)20-10-2-3-11-25(20,21)22)19-26(23,24)16-8-5-14(18)6-9-16/h4-9,12,19H,2-3,10-11H2,1H3. The maximum atomic E-state index is 13.0. The number of anilines is 2. The van der Waals surface area contributed by atoms with Crippen LogP contribution in [0.25, 0.3) is 0 Å². The Morgan fingerprint density at radius 2 is 1.77 bits per heavy atom. The smallest absolute Gasteiger partial charge is 0.261 e. The summed E-state index contributed by atoms with van der Waals surface area (Å²) in [5.74, 6) is -0.449. The molecule has 1 saturated heterocycles. The zero-order valence-corrected chi connectivity index (χ0v) is 15.8. The van der Waals surface area contributed by atoms with Crippen LogP contribution in [0, 0.1) is 12.7 Å². The molecule has 0 saturated carbocycles. The highest BCUT2D eigenvalue weighted by Gasteiger charge is 2.27. The van der Waals surface area contributed by atoms with Gasteiger partial charge in [0, 0.05) is 6.54 Å². The van der Waals surface area contributed by atoms with E-state index in [9.17, 15) is 21.2 Å². The van der Waals surface area contributed by atoms with Gasteiger partial charge in [0.2, 0.25) is 10.0 Å². The third-order valence-corrected chi connectivity index (χ3v) is 7.46. The number of rotatable bonds is 4. The van der Waals surface area contributed by atoms with E-state index in [1.807, 2.05) is 0 Å². The molecular weight excluding hydrogens is 379 g/mol. The first-order valence-corrected chi connectivity index (χ1v) is 11.2. The van der Waals surface area contributed by atoms with Gasteiger partial charge in [0.05, 0.1) is 22.0 Å². The van der Waals surface area contributed by atoms with Gasteiger partial charge in [-0.3, -0.25) is 9.03 Å². The minimum Gasteiger partial charge on any atom is -0.280 e. The molecule has 1 N–H and O–H groups in total. The summed E-state index contributed by atoms with van der Waals surface area (Å²) in [6, 6.07) is 9.21. The summed E-state index contributed by atoms with van der Waals surface area (Å²) in [5.41, 5.74) is 1.44. The average molecular weight is 398 g/mol. The highest BCUT2D eigenvalue weighted by Crippen LogP contribution is 2.30. The Kier molecular flexibility index (Phi) is 4.94. The van der Waals surface area contributed by atoms with E-state index in [2.05, 4.69) is 4.72 Å². The zero-order chi connectivity index (χ0) is 18.9. The lowest BCUT2D eigenvalue weighted by Gasteiger charge is -2.29. The molecule has 0 bridgehead atoms. The van der Waals surface area contributed by atoms with Crippen LogP contribution in [0.5, 0.6) is 0 Å². The lowest BCUT2D eigenvalue weighted by Crippen LogP contribution is -2.38. The van der Waals surface area contributed by atoms with E-state index >= 15 is 0 Å². The van der Waals surface area contributed by atoms with Crippen molar-refractivity contribution < 1.29 is 21.2 Å². The fourth-order valence-electron chi connectivity index (χ4n) is 2.83. The van der Waals surface area contributed by atoms with E-state index in [1.54, 1.807) is 19.1 Å². The van der Waals surface area contributed by atoms with Crippen molar-refractivity contribution in [3.8, 4) is 0 Å². The largest absolute Gasteiger partial charge is 0.280 e. The molecule has 3 rings (SSSR count). The van der Waals surface area contributed by atoms with Crippen molar-refractivity contribution >= 4 is 31.4 Å². The Bertz CT molecular complexity index is 1020. The van der Waals surface area contributed by atoms with E-state index in [0.29, 0.717) is 18.7 Å². The van der Waals surface area contributed by atoms with Gasteiger partial charge in [-0.15, -0.1) is 0 Å². The molecule has 9 heteroatoms. The summed E-state index contributed by atoms with van der Waals surface area (Å²) < 4.78 is 66.3. The third-order valence-electron chi connectivity index (χ3n) is 4.20. The van der Waals surface area contributed by atoms with Crippen LogP contribution in [0.1, 0.15) is 18.4 Å². The second-order valence-corrected chi connectivity index (χ2v) is 9.85. The second-order valence-electron chi connectivity index (χ2n) is 6.16. The van der Waals surface area contributed by atoms with E-state index in [4.69, 9.17) is 0 Å². The minimum atomic E-state index is -3.90. The van der Waals surface area contributed by atoms with Gasteiger partial charge >= 0.3 is 0 Å². The molecule has 1 heterocycles. The van der Waals surface area contributed by atoms with Gasteiger partial charge in [0.15, 0.2) is 0 Å². The van der Waals surface area contributed by atoms with Crippen LogP contribution in [0.2, 0.25) is 0 Å². The SMILES string of the molecule is Cc1ccc(NS(=O)(=O)c2ccc(F)cc2)cc1N1CCCCS1(=O)=O. The fourth-order valence-corrected chi connectivity index (χ4v) is 5.57. The third kappa shape index (κ3) is 3.83. The van der Waals surface area contributed by atoms with Gasteiger partial charge in [-0.1, -0.05) is 6.07 Å². The zero-order valence-electron chi connectivity index (χ0n) is 14.1. The second kappa shape index (κ2) is 6.88. The normalized spacial score (nSPS) is 17.1. The summed E-state index contributed by atoms with van der Waals surface area (Å²) in [6.07, 6.45) is 1.37. The Labute approximate surface area is 152 Å². The molecule has 0 radical (unpaired) electrons. The summed E-state index contributed by atoms with van der Waals surface area (Å²) in [7, 11) is -7.31. The summed E-state index contributed by atoms with van der Waals surface area (Å²) >= 11 is 0. The number of benzene rings is 2. The van der Waals surface area contributed by atoms with Crippen LogP contribution in [-0.2, 0) is 20.0 Å². The van der Waals surface area contributed by atoms with Crippen LogP contribution < -0.4 is 9.03 Å². The number of nitrogens with zero attached hydrogens (tertiary/aromatic N) is 1. The molecule has 0 aliphatic carbocycles. The van der Waals surface area contributed by atoms with Gasteiger partial charge in [0.1, 0.15) is 5.82 Å². The van der Waals surface area contributed by atoms with Gasteiger partial charge in [-0.25, -0.2) is 21.2 Å². The van der Waals surface area contributed by atoms with Crippen molar-refractivity contribution in [3.05, 3.63) is 53.8 Å². The molecule has 2 aromatic rings. The summed E-state index contributed by atoms with van der Waals surface area (Å²) in [4.78, 5) is -0.0772. The van der Waals surface area contributed by atoms with Gasteiger partial charge in [-0.2, -0.15) is 0 Å². The Hall–Kier alpha value is -2.13. The molecular formula is C17H19FN2O4S2. The predicted molar refractivity (Wildman–Crippen MR) is 98.8 cm³/mol. The molecule has 26 heavy (non-hydrogen) atoms. The number of sulfonamides is 2. The minimum absolute atomic E-state index is 0.0772. The first-order chi connectivity index (χ1) is 12.2. The average Bonchev–Trinajstić information content (AvgIpc) is 2.57. The van der Waals surface area contributed by atoms with Crippen LogP contribution >= 0.6 is 0 Å². The summed E-state index contributed by atoms with van der Waals surface area (Å²) in [5, 5.41) is 0. The lowest BCUT2D eigenvalue weighted by atomic mass is 10.1. The molecule has 1 fully saturated rings. The van der Waals surface area contributed by atoms with E-state index in [-0.39, 0.29) is 16.3 Å². The molecule has 140 valence electrons. The van der Waals surface area contributed by atoms with Crippen LogP contribution in [-0.4, -0.2) is 29.1 Å². The molecule has 0 spiro atoms. The van der Waals surface area contributed by atoms with Crippen molar-refractivity contribution in [2.45, 2.75) is 24.7 Å². The molecule has 1 aliphatic rings. The molecule has 0 atom stereocenters.